The van der Waals surface area contributed by atoms with Gasteiger partial charge in [-0.05, 0) is 39.0 Å². The van der Waals surface area contributed by atoms with E-state index in [9.17, 15) is 9.59 Å². The number of carbonyl (C=O) groups excluding carboxylic acids is 2. The molecule has 8 nitrogen and oxygen atoms in total. The van der Waals surface area contributed by atoms with Crippen LogP contribution < -0.4 is 10.6 Å². The minimum absolute atomic E-state index is 0. The predicted octanol–water partition coefficient (Wildman–Crippen LogP) is 2.86. The highest BCUT2D eigenvalue weighted by Gasteiger charge is 2.23. The molecule has 2 amide bonds. The molecule has 1 aliphatic rings. The summed E-state index contributed by atoms with van der Waals surface area (Å²) in [5.74, 6) is 1.65. The summed E-state index contributed by atoms with van der Waals surface area (Å²) in [5.41, 5.74) is 0. The number of ether oxygens (including phenoxy) is 1. The second kappa shape index (κ2) is 19.4. The molecule has 9 heteroatoms. The highest BCUT2D eigenvalue weighted by molar-refractivity contribution is 14.0. The molecular formula is C23H46IN5O3. The number of piperazine rings is 1. The number of amides is 2. The summed E-state index contributed by atoms with van der Waals surface area (Å²) in [5, 5.41) is 6.61. The third-order valence-corrected chi connectivity index (χ3v) is 5.19. The van der Waals surface area contributed by atoms with Gasteiger partial charge in [-0.2, -0.15) is 0 Å². The molecule has 32 heavy (non-hydrogen) atoms. The minimum atomic E-state index is 0. The summed E-state index contributed by atoms with van der Waals surface area (Å²) in [6, 6.07) is 0. The molecule has 1 saturated heterocycles. The summed E-state index contributed by atoms with van der Waals surface area (Å²) < 4.78 is 5.33. The van der Waals surface area contributed by atoms with Crippen molar-refractivity contribution in [2.75, 3.05) is 59.0 Å². The first kappa shape index (κ1) is 30.9. The van der Waals surface area contributed by atoms with E-state index in [4.69, 9.17) is 4.74 Å². The molecule has 0 aromatic rings. The fourth-order valence-corrected chi connectivity index (χ4v) is 3.47. The van der Waals surface area contributed by atoms with Crippen molar-refractivity contribution in [2.45, 2.75) is 66.2 Å². The summed E-state index contributed by atoms with van der Waals surface area (Å²) in [4.78, 5) is 32.9. The number of rotatable bonds is 14. The van der Waals surface area contributed by atoms with Gasteiger partial charge in [-0.1, -0.05) is 20.3 Å². The van der Waals surface area contributed by atoms with E-state index in [-0.39, 0.29) is 35.8 Å². The van der Waals surface area contributed by atoms with Crippen LogP contribution in [-0.2, 0) is 14.3 Å². The molecule has 0 aromatic heterocycles. The molecule has 0 radical (unpaired) electrons. The Hall–Kier alpha value is -1.10. The number of hydrogen-bond acceptors (Lipinski definition) is 4. The third kappa shape index (κ3) is 14.1. The molecule has 0 saturated carbocycles. The number of hydrogen-bond donors (Lipinski definition) is 2. The second-order valence-electron chi connectivity index (χ2n) is 8.41. The Morgan fingerprint density at radius 1 is 0.938 bits per heavy atom. The fourth-order valence-electron chi connectivity index (χ4n) is 3.47. The standard InChI is InChI=1S/C23H45N5O3.HI/c1-5-24-23(26-13-10-18-31-6-2)25-12-9-7-8-11-21(29)27-14-16-28(17-15-27)22(30)19-20(3)4;/h20H,5-19H2,1-4H3,(H2,24,25,26);1H. The van der Waals surface area contributed by atoms with Crippen LogP contribution in [0.1, 0.15) is 66.2 Å². The molecule has 2 N–H and O–H groups in total. The predicted molar refractivity (Wildman–Crippen MR) is 142 cm³/mol. The third-order valence-electron chi connectivity index (χ3n) is 5.19. The maximum absolute atomic E-state index is 12.4. The minimum Gasteiger partial charge on any atom is -0.382 e. The lowest BCUT2D eigenvalue weighted by Crippen LogP contribution is -2.50. The summed E-state index contributed by atoms with van der Waals surface area (Å²) in [6.07, 6.45) is 5.02. The van der Waals surface area contributed by atoms with E-state index < -0.39 is 0 Å². The van der Waals surface area contributed by atoms with E-state index in [0.717, 1.165) is 64.5 Å². The maximum Gasteiger partial charge on any atom is 0.222 e. The van der Waals surface area contributed by atoms with Crippen molar-refractivity contribution < 1.29 is 14.3 Å². The van der Waals surface area contributed by atoms with Crippen molar-refractivity contribution in [1.82, 2.24) is 20.4 Å². The molecule has 0 aromatic carbocycles. The van der Waals surface area contributed by atoms with E-state index in [2.05, 4.69) is 36.4 Å². The summed E-state index contributed by atoms with van der Waals surface area (Å²) in [7, 11) is 0. The van der Waals surface area contributed by atoms with Crippen molar-refractivity contribution in [3.63, 3.8) is 0 Å². The number of halogens is 1. The lowest BCUT2D eigenvalue weighted by atomic mass is 10.1. The average Bonchev–Trinajstić information content (AvgIpc) is 2.75. The molecule has 1 heterocycles. The topological polar surface area (TPSA) is 86.3 Å². The molecule has 0 atom stereocenters. The van der Waals surface area contributed by atoms with Crippen molar-refractivity contribution in [1.29, 1.82) is 0 Å². The summed E-state index contributed by atoms with van der Waals surface area (Å²) in [6.45, 7) is 14.8. The van der Waals surface area contributed by atoms with Crippen LogP contribution in [0.4, 0.5) is 0 Å². The number of nitrogens with one attached hydrogen (secondary N) is 2. The number of carbonyl (C=O) groups is 2. The number of nitrogens with zero attached hydrogens (tertiary/aromatic N) is 3. The number of unbranched alkanes of at least 4 members (excludes halogenated alkanes) is 2. The molecule has 1 fully saturated rings. The monoisotopic (exact) mass is 567 g/mol. The Labute approximate surface area is 212 Å². The molecule has 0 aliphatic carbocycles. The molecule has 1 rings (SSSR count). The first-order chi connectivity index (χ1) is 15.0. The fraction of sp³-hybridized carbons (Fsp3) is 0.870. The van der Waals surface area contributed by atoms with Gasteiger partial charge < -0.3 is 25.2 Å². The van der Waals surface area contributed by atoms with Gasteiger partial charge >= 0.3 is 0 Å². The Bertz CT molecular complexity index is 538. The first-order valence-electron chi connectivity index (χ1n) is 12.1. The van der Waals surface area contributed by atoms with E-state index in [1.54, 1.807) is 0 Å². The number of aliphatic imine (C=N–C) groups is 1. The van der Waals surface area contributed by atoms with Gasteiger partial charge in [0.2, 0.25) is 11.8 Å². The van der Waals surface area contributed by atoms with Crippen LogP contribution >= 0.6 is 24.0 Å². The van der Waals surface area contributed by atoms with Crippen LogP contribution in [-0.4, -0.2) is 86.6 Å². The van der Waals surface area contributed by atoms with Gasteiger partial charge in [0.1, 0.15) is 0 Å². The molecular weight excluding hydrogens is 521 g/mol. The van der Waals surface area contributed by atoms with Crippen molar-refractivity contribution >= 4 is 41.8 Å². The molecule has 0 spiro atoms. The van der Waals surface area contributed by atoms with E-state index in [0.29, 0.717) is 44.9 Å². The largest absolute Gasteiger partial charge is 0.382 e. The van der Waals surface area contributed by atoms with Crippen LogP contribution in [0.3, 0.4) is 0 Å². The maximum atomic E-state index is 12.4. The van der Waals surface area contributed by atoms with Gasteiger partial charge in [0, 0.05) is 71.9 Å². The lowest BCUT2D eigenvalue weighted by Gasteiger charge is -2.35. The zero-order valence-electron chi connectivity index (χ0n) is 20.7. The van der Waals surface area contributed by atoms with Gasteiger partial charge in [-0.25, -0.2) is 0 Å². The first-order valence-corrected chi connectivity index (χ1v) is 12.1. The average molecular weight is 568 g/mol. The van der Waals surface area contributed by atoms with Gasteiger partial charge in [-0.3, -0.25) is 14.6 Å². The second-order valence-corrected chi connectivity index (χ2v) is 8.41. The quantitative estimate of drug-likeness (QED) is 0.146. The van der Waals surface area contributed by atoms with Crippen LogP contribution in [0.25, 0.3) is 0 Å². The Kier molecular flexibility index (Phi) is 18.7. The molecule has 188 valence electrons. The number of guanidine groups is 1. The van der Waals surface area contributed by atoms with E-state index in [1.807, 2.05) is 16.7 Å². The highest BCUT2D eigenvalue weighted by atomic mass is 127. The van der Waals surface area contributed by atoms with Crippen LogP contribution in [0, 0.1) is 5.92 Å². The highest BCUT2D eigenvalue weighted by Crippen LogP contribution is 2.10. The molecule has 0 unspecified atom stereocenters. The Balaban J connectivity index is 0.00000961. The van der Waals surface area contributed by atoms with Crippen LogP contribution in [0.15, 0.2) is 4.99 Å². The van der Waals surface area contributed by atoms with E-state index in [1.165, 1.54) is 0 Å². The van der Waals surface area contributed by atoms with Crippen molar-refractivity contribution in [3.8, 4) is 0 Å². The zero-order valence-corrected chi connectivity index (χ0v) is 23.0. The van der Waals surface area contributed by atoms with Gasteiger partial charge in [0.25, 0.3) is 0 Å². The van der Waals surface area contributed by atoms with Gasteiger partial charge in [-0.15, -0.1) is 24.0 Å². The van der Waals surface area contributed by atoms with E-state index >= 15 is 0 Å². The molecule has 0 bridgehead atoms. The Morgan fingerprint density at radius 3 is 2.19 bits per heavy atom. The van der Waals surface area contributed by atoms with Crippen LogP contribution in [0.5, 0.6) is 0 Å². The van der Waals surface area contributed by atoms with Gasteiger partial charge in [0.05, 0.1) is 0 Å². The zero-order chi connectivity index (χ0) is 22.9. The smallest absolute Gasteiger partial charge is 0.222 e. The van der Waals surface area contributed by atoms with Crippen molar-refractivity contribution in [2.24, 2.45) is 10.9 Å². The Morgan fingerprint density at radius 2 is 1.59 bits per heavy atom. The SMILES string of the molecule is CCNC(=NCCCOCC)NCCCCCC(=O)N1CCN(C(=O)CC(C)C)CC1.I. The summed E-state index contributed by atoms with van der Waals surface area (Å²) >= 11 is 0. The van der Waals surface area contributed by atoms with Crippen LogP contribution in [0.2, 0.25) is 0 Å². The normalized spacial score (nSPS) is 14.3. The lowest BCUT2D eigenvalue weighted by molar-refractivity contribution is -0.140. The molecule has 1 aliphatic heterocycles. The van der Waals surface area contributed by atoms with Gasteiger partial charge in [0.15, 0.2) is 5.96 Å². The van der Waals surface area contributed by atoms with Crippen molar-refractivity contribution in [3.05, 3.63) is 0 Å².